The van der Waals surface area contributed by atoms with E-state index in [9.17, 15) is 0 Å². The van der Waals surface area contributed by atoms with Crippen molar-refractivity contribution in [1.82, 2.24) is 14.9 Å². The third kappa shape index (κ3) is 4.22. The molecule has 136 valence electrons. The molecule has 1 aliphatic heterocycles. The number of aromatic nitrogens is 2. The molecule has 0 bridgehead atoms. The molecule has 1 N–H and O–H groups in total. The molecule has 1 saturated heterocycles. The van der Waals surface area contributed by atoms with Gasteiger partial charge in [-0.25, -0.2) is 4.98 Å². The number of anilines is 1. The van der Waals surface area contributed by atoms with Crippen LogP contribution in [-0.4, -0.2) is 48.7 Å². The van der Waals surface area contributed by atoms with E-state index in [0.717, 1.165) is 25.5 Å². The van der Waals surface area contributed by atoms with Crippen molar-refractivity contribution in [2.45, 2.75) is 38.8 Å². The molecule has 25 heavy (non-hydrogen) atoms. The quantitative estimate of drug-likeness (QED) is 0.925. The highest BCUT2D eigenvalue weighted by atomic mass is 16.5. The number of aromatic amines is 1. The number of ether oxygens (including phenoxy) is 1. The number of imidazole rings is 1. The molecule has 1 aromatic carbocycles. The van der Waals surface area contributed by atoms with Gasteiger partial charge in [-0.1, -0.05) is 32.9 Å². The predicted octanol–water partition coefficient (Wildman–Crippen LogP) is 3.35. The van der Waals surface area contributed by atoms with Crippen molar-refractivity contribution >= 4 is 5.69 Å². The summed E-state index contributed by atoms with van der Waals surface area (Å²) in [5.41, 5.74) is 3.79. The van der Waals surface area contributed by atoms with Gasteiger partial charge in [-0.3, -0.25) is 4.90 Å². The maximum atomic E-state index is 5.74. The summed E-state index contributed by atoms with van der Waals surface area (Å²) in [6.07, 6.45) is 1.97. The highest BCUT2D eigenvalue weighted by molar-refractivity contribution is 5.46. The normalized spacial score (nSPS) is 19.2. The van der Waals surface area contributed by atoms with Crippen LogP contribution in [0.1, 0.15) is 43.9 Å². The molecule has 0 aliphatic carbocycles. The van der Waals surface area contributed by atoms with E-state index in [1.165, 1.54) is 16.9 Å². The van der Waals surface area contributed by atoms with Gasteiger partial charge in [0, 0.05) is 50.2 Å². The van der Waals surface area contributed by atoms with E-state index in [2.05, 4.69) is 78.9 Å². The summed E-state index contributed by atoms with van der Waals surface area (Å²) in [7, 11) is 4.13. The fourth-order valence-corrected chi connectivity index (χ4v) is 3.10. The zero-order valence-electron chi connectivity index (χ0n) is 16.0. The molecule has 0 spiro atoms. The average Bonchev–Trinajstić information content (AvgIpc) is 3.06. The molecular formula is C20H30N4O. The Hall–Kier alpha value is -1.85. The van der Waals surface area contributed by atoms with Crippen molar-refractivity contribution < 1.29 is 4.74 Å². The minimum atomic E-state index is 0.0770. The van der Waals surface area contributed by atoms with Gasteiger partial charge in [0.15, 0.2) is 0 Å². The topological polar surface area (TPSA) is 44.4 Å². The van der Waals surface area contributed by atoms with Gasteiger partial charge in [0.1, 0.15) is 5.82 Å². The van der Waals surface area contributed by atoms with Gasteiger partial charge >= 0.3 is 0 Å². The zero-order chi connectivity index (χ0) is 18.0. The van der Waals surface area contributed by atoms with E-state index in [1.54, 1.807) is 0 Å². The second-order valence-corrected chi connectivity index (χ2v) is 8.05. The zero-order valence-corrected chi connectivity index (χ0v) is 16.0. The minimum absolute atomic E-state index is 0.0770. The fourth-order valence-electron chi connectivity index (χ4n) is 3.10. The summed E-state index contributed by atoms with van der Waals surface area (Å²) in [6.45, 7) is 9.90. The molecule has 1 fully saturated rings. The standard InChI is InChI=1S/C20H30N4O/c1-20(2,3)18-12-21-19(22-18)17-14-25-11-10-24(17)13-15-6-8-16(9-7-15)23(4)5/h6-9,12,17H,10-11,13-14H2,1-5H3,(H,21,22)/t17-/m0/s1. The summed E-state index contributed by atoms with van der Waals surface area (Å²) in [5.74, 6) is 1.01. The van der Waals surface area contributed by atoms with Crippen molar-refractivity contribution in [3.63, 3.8) is 0 Å². The van der Waals surface area contributed by atoms with Gasteiger partial charge in [-0.15, -0.1) is 0 Å². The Morgan fingerprint density at radius 1 is 1.24 bits per heavy atom. The Morgan fingerprint density at radius 3 is 2.56 bits per heavy atom. The number of nitrogens with zero attached hydrogens (tertiary/aromatic N) is 3. The van der Waals surface area contributed by atoms with E-state index in [4.69, 9.17) is 4.74 Å². The van der Waals surface area contributed by atoms with Crippen LogP contribution in [0.25, 0.3) is 0 Å². The first kappa shape index (κ1) is 18.0. The van der Waals surface area contributed by atoms with E-state index >= 15 is 0 Å². The Balaban J connectivity index is 1.75. The van der Waals surface area contributed by atoms with Crippen molar-refractivity contribution in [1.29, 1.82) is 0 Å². The smallest absolute Gasteiger partial charge is 0.126 e. The number of morpholine rings is 1. The first-order valence-corrected chi connectivity index (χ1v) is 8.98. The number of rotatable bonds is 4. The summed E-state index contributed by atoms with van der Waals surface area (Å²) >= 11 is 0. The molecule has 1 aromatic heterocycles. The van der Waals surface area contributed by atoms with E-state index < -0.39 is 0 Å². The molecule has 0 unspecified atom stereocenters. The molecule has 0 amide bonds. The number of nitrogens with one attached hydrogen (secondary N) is 1. The number of benzene rings is 1. The lowest BCUT2D eigenvalue weighted by atomic mass is 9.93. The maximum Gasteiger partial charge on any atom is 0.126 e. The van der Waals surface area contributed by atoms with Crippen LogP contribution in [-0.2, 0) is 16.7 Å². The second kappa shape index (κ2) is 7.18. The fraction of sp³-hybridized carbons (Fsp3) is 0.550. The van der Waals surface area contributed by atoms with Gasteiger partial charge in [-0.05, 0) is 17.7 Å². The van der Waals surface area contributed by atoms with Crippen LogP contribution in [0.15, 0.2) is 30.5 Å². The molecule has 2 aromatic rings. The molecular weight excluding hydrogens is 312 g/mol. The number of hydrogen-bond donors (Lipinski definition) is 1. The number of hydrogen-bond acceptors (Lipinski definition) is 4. The average molecular weight is 342 g/mol. The van der Waals surface area contributed by atoms with Gasteiger partial charge in [-0.2, -0.15) is 0 Å². The predicted molar refractivity (Wildman–Crippen MR) is 102 cm³/mol. The number of H-pyrrole nitrogens is 1. The SMILES string of the molecule is CN(C)c1ccc(CN2CCOC[C@H]2c2ncc(C(C)(C)C)[nH]2)cc1. The molecule has 0 radical (unpaired) electrons. The largest absolute Gasteiger partial charge is 0.378 e. The van der Waals surface area contributed by atoms with Crippen LogP contribution in [0.4, 0.5) is 5.69 Å². The van der Waals surface area contributed by atoms with Crippen molar-refractivity contribution in [3.05, 3.63) is 47.5 Å². The van der Waals surface area contributed by atoms with E-state index in [-0.39, 0.29) is 11.5 Å². The lowest BCUT2D eigenvalue weighted by Crippen LogP contribution is -2.39. The molecule has 3 rings (SSSR count). The van der Waals surface area contributed by atoms with Crippen molar-refractivity contribution in [2.24, 2.45) is 0 Å². The van der Waals surface area contributed by atoms with Crippen LogP contribution in [0, 0.1) is 0 Å². The van der Waals surface area contributed by atoms with E-state index in [0.29, 0.717) is 6.61 Å². The Morgan fingerprint density at radius 2 is 1.96 bits per heavy atom. The lowest BCUT2D eigenvalue weighted by Gasteiger charge is -2.34. The maximum absolute atomic E-state index is 5.74. The summed E-state index contributed by atoms with van der Waals surface area (Å²) in [5, 5.41) is 0. The van der Waals surface area contributed by atoms with Crippen LogP contribution >= 0.6 is 0 Å². The van der Waals surface area contributed by atoms with Gasteiger partial charge in [0.25, 0.3) is 0 Å². The molecule has 5 nitrogen and oxygen atoms in total. The van der Waals surface area contributed by atoms with Crippen molar-refractivity contribution in [3.8, 4) is 0 Å². The molecule has 2 heterocycles. The molecule has 1 aliphatic rings. The van der Waals surface area contributed by atoms with Crippen LogP contribution < -0.4 is 4.90 Å². The van der Waals surface area contributed by atoms with Crippen LogP contribution in [0.2, 0.25) is 0 Å². The minimum Gasteiger partial charge on any atom is -0.378 e. The highest BCUT2D eigenvalue weighted by Crippen LogP contribution is 2.27. The van der Waals surface area contributed by atoms with Gasteiger partial charge in [0.05, 0.1) is 19.3 Å². The Kier molecular flexibility index (Phi) is 5.16. The Labute approximate surface area is 151 Å². The first-order valence-electron chi connectivity index (χ1n) is 8.98. The summed E-state index contributed by atoms with van der Waals surface area (Å²) in [6, 6.07) is 8.96. The van der Waals surface area contributed by atoms with Gasteiger partial charge < -0.3 is 14.6 Å². The molecule has 5 heteroatoms. The highest BCUT2D eigenvalue weighted by Gasteiger charge is 2.28. The third-order valence-electron chi connectivity index (χ3n) is 4.80. The molecule has 0 saturated carbocycles. The van der Waals surface area contributed by atoms with Crippen LogP contribution in [0.5, 0.6) is 0 Å². The first-order chi connectivity index (χ1) is 11.8. The summed E-state index contributed by atoms with van der Waals surface area (Å²) < 4.78 is 5.74. The van der Waals surface area contributed by atoms with Crippen LogP contribution in [0.3, 0.4) is 0 Å². The second-order valence-electron chi connectivity index (χ2n) is 8.05. The monoisotopic (exact) mass is 342 g/mol. The van der Waals surface area contributed by atoms with Crippen molar-refractivity contribution in [2.75, 3.05) is 38.8 Å². The lowest BCUT2D eigenvalue weighted by molar-refractivity contribution is -0.0157. The van der Waals surface area contributed by atoms with E-state index in [1.807, 2.05) is 6.20 Å². The summed E-state index contributed by atoms with van der Waals surface area (Å²) in [4.78, 5) is 12.8. The Bertz CT molecular complexity index is 684. The van der Waals surface area contributed by atoms with Gasteiger partial charge in [0.2, 0.25) is 0 Å². The molecule has 1 atom stereocenters. The third-order valence-corrected chi connectivity index (χ3v) is 4.80.